The molecule has 0 aliphatic carbocycles. The van der Waals surface area contributed by atoms with Crippen LogP contribution < -0.4 is 15.7 Å². The standard InChI is InChI=1S/C25H29NO7Si/c1-16(27)26-21-19(15-20(23(28)29)32-22(21)24(30)31)33-34(25(2,3)4,17-11-7-5-8-12-17)18-13-9-6-10-14-18/h5-15,19,21-22H,1-4H3,(H,26,27)(H,28,29)(H,30,31)/t19-,21-,22+/m0/s1. The first kappa shape index (κ1) is 25.2. The highest BCUT2D eigenvalue weighted by Gasteiger charge is 2.54. The van der Waals surface area contributed by atoms with Gasteiger partial charge in [0, 0.05) is 6.92 Å². The van der Waals surface area contributed by atoms with Crippen LogP contribution in [-0.2, 0) is 23.5 Å². The molecule has 0 aromatic heterocycles. The average Bonchev–Trinajstić information content (AvgIpc) is 2.77. The van der Waals surface area contributed by atoms with Gasteiger partial charge in [-0.05, 0) is 21.5 Å². The number of carbonyl (C=O) groups is 3. The van der Waals surface area contributed by atoms with Crippen LogP contribution in [0.25, 0.3) is 0 Å². The fourth-order valence-corrected chi connectivity index (χ4v) is 9.03. The third-order valence-corrected chi connectivity index (χ3v) is 10.8. The number of benzene rings is 2. The molecule has 9 heteroatoms. The van der Waals surface area contributed by atoms with E-state index in [2.05, 4.69) is 5.32 Å². The maximum absolute atomic E-state index is 12.0. The molecule has 1 aliphatic heterocycles. The minimum Gasteiger partial charge on any atom is -0.478 e. The number of hydrogen-bond donors (Lipinski definition) is 3. The number of hydrogen-bond acceptors (Lipinski definition) is 5. The van der Waals surface area contributed by atoms with Crippen molar-refractivity contribution in [2.45, 2.75) is 51.0 Å². The van der Waals surface area contributed by atoms with Gasteiger partial charge in [-0.25, -0.2) is 9.59 Å². The van der Waals surface area contributed by atoms with Crippen LogP contribution in [0, 0.1) is 0 Å². The molecule has 1 amide bonds. The van der Waals surface area contributed by atoms with Crippen molar-refractivity contribution in [3.63, 3.8) is 0 Å². The maximum Gasteiger partial charge on any atom is 0.370 e. The van der Waals surface area contributed by atoms with Crippen molar-refractivity contribution in [1.82, 2.24) is 5.32 Å². The number of rotatable bonds is 7. The molecule has 3 rings (SSSR count). The summed E-state index contributed by atoms with van der Waals surface area (Å²) in [4.78, 5) is 35.8. The number of carboxylic acid groups (broad SMARTS) is 2. The predicted molar refractivity (Wildman–Crippen MR) is 128 cm³/mol. The molecule has 0 bridgehead atoms. The Morgan fingerprint density at radius 2 is 1.44 bits per heavy atom. The lowest BCUT2D eigenvalue weighted by molar-refractivity contribution is -0.156. The zero-order valence-electron chi connectivity index (χ0n) is 19.5. The first-order valence-corrected chi connectivity index (χ1v) is 12.8. The van der Waals surface area contributed by atoms with E-state index in [0.29, 0.717) is 0 Å². The summed E-state index contributed by atoms with van der Waals surface area (Å²) < 4.78 is 12.2. The normalized spacial score (nSPS) is 20.6. The number of aliphatic carboxylic acids is 2. The fourth-order valence-electron chi connectivity index (χ4n) is 4.40. The minimum atomic E-state index is -3.20. The highest BCUT2D eigenvalue weighted by Crippen LogP contribution is 2.39. The Morgan fingerprint density at radius 1 is 0.941 bits per heavy atom. The topological polar surface area (TPSA) is 122 Å². The lowest BCUT2D eigenvalue weighted by atomic mass is 10.0. The number of amides is 1. The Hall–Kier alpha value is -3.43. The van der Waals surface area contributed by atoms with Crippen LogP contribution in [0.5, 0.6) is 0 Å². The van der Waals surface area contributed by atoms with Gasteiger partial charge in [-0.1, -0.05) is 81.4 Å². The molecule has 0 unspecified atom stereocenters. The van der Waals surface area contributed by atoms with Crippen LogP contribution in [0.2, 0.25) is 5.04 Å². The lowest BCUT2D eigenvalue weighted by Gasteiger charge is -2.47. The van der Waals surface area contributed by atoms with Crippen molar-refractivity contribution < 1.29 is 33.8 Å². The monoisotopic (exact) mass is 483 g/mol. The van der Waals surface area contributed by atoms with E-state index >= 15 is 0 Å². The lowest BCUT2D eigenvalue weighted by Crippen LogP contribution is -2.70. The molecule has 0 saturated carbocycles. The van der Waals surface area contributed by atoms with Crippen molar-refractivity contribution in [2.24, 2.45) is 0 Å². The smallest absolute Gasteiger partial charge is 0.370 e. The summed E-state index contributed by atoms with van der Waals surface area (Å²) in [5.41, 5.74) is 0. The second-order valence-electron chi connectivity index (χ2n) is 9.18. The van der Waals surface area contributed by atoms with Crippen molar-refractivity contribution in [2.75, 3.05) is 0 Å². The van der Waals surface area contributed by atoms with E-state index in [9.17, 15) is 24.6 Å². The molecule has 2 aromatic carbocycles. The highest BCUT2D eigenvalue weighted by molar-refractivity contribution is 6.99. The van der Waals surface area contributed by atoms with E-state index in [-0.39, 0.29) is 0 Å². The molecule has 0 saturated heterocycles. The second-order valence-corrected chi connectivity index (χ2v) is 13.4. The Labute approximate surface area is 199 Å². The van der Waals surface area contributed by atoms with E-state index in [1.807, 2.05) is 81.4 Å². The van der Waals surface area contributed by atoms with Gasteiger partial charge in [0.05, 0.1) is 6.10 Å². The molecule has 1 heterocycles. The average molecular weight is 484 g/mol. The molecular formula is C25H29NO7Si. The molecule has 34 heavy (non-hydrogen) atoms. The third kappa shape index (κ3) is 4.90. The molecule has 3 N–H and O–H groups in total. The largest absolute Gasteiger partial charge is 0.478 e. The third-order valence-electron chi connectivity index (χ3n) is 5.80. The zero-order chi connectivity index (χ0) is 25.1. The Bertz CT molecular complexity index is 1040. The quantitative estimate of drug-likeness (QED) is 0.514. The van der Waals surface area contributed by atoms with E-state index < -0.39 is 55.2 Å². The van der Waals surface area contributed by atoms with E-state index in [1.54, 1.807) is 0 Å². The van der Waals surface area contributed by atoms with Crippen LogP contribution in [0.15, 0.2) is 72.5 Å². The van der Waals surface area contributed by atoms with E-state index in [4.69, 9.17) is 9.16 Å². The molecule has 8 nitrogen and oxygen atoms in total. The van der Waals surface area contributed by atoms with Crippen molar-refractivity contribution in [3.05, 3.63) is 72.5 Å². The van der Waals surface area contributed by atoms with Gasteiger partial charge in [0.2, 0.25) is 17.8 Å². The van der Waals surface area contributed by atoms with Gasteiger partial charge < -0.3 is 24.7 Å². The van der Waals surface area contributed by atoms with Gasteiger partial charge in [-0.15, -0.1) is 0 Å². The SMILES string of the molecule is CC(=O)N[C@H]1[C@@H](O[Si](c2ccccc2)(c2ccccc2)C(C)(C)C)C=C(C(=O)O)O[C@H]1C(=O)O. The van der Waals surface area contributed by atoms with Crippen LogP contribution in [0.3, 0.4) is 0 Å². The molecular weight excluding hydrogens is 454 g/mol. The number of carboxylic acids is 2. The first-order chi connectivity index (χ1) is 16.0. The van der Waals surface area contributed by atoms with Crippen LogP contribution in [0.4, 0.5) is 0 Å². The molecule has 0 fully saturated rings. The maximum atomic E-state index is 12.0. The molecule has 0 radical (unpaired) electrons. The van der Waals surface area contributed by atoms with Crippen LogP contribution in [0.1, 0.15) is 27.7 Å². The van der Waals surface area contributed by atoms with E-state index in [1.165, 1.54) is 13.0 Å². The highest BCUT2D eigenvalue weighted by atomic mass is 28.4. The van der Waals surface area contributed by atoms with Crippen molar-refractivity contribution in [1.29, 1.82) is 0 Å². The summed E-state index contributed by atoms with van der Waals surface area (Å²) >= 11 is 0. The zero-order valence-corrected chi connectivity index (χ0v) is 20.5. The summed E-state index contributed by atoms with van der Waals surface area (Å²) in [6, 6.07) is 18.1. The van der Waals surface area contributed by atoms with E-state index in [0.717, 1.165) is 10.4 Å². The summed E-state index contributed by atoms with van der Waals surface area (Å²) in [6.45, 7) is 7.39. The van der Waals surface area contributed by atoms with Crippen molar-refractivity contribution >= 4 is 36.5 Å². The Balaban J connectivity index is 2.27. The van der Waals surface area contributed by atoms with Crippen LogP contribution in [-0.4, -0.2) is 54.6 Å². The van der Waals surface area contributed by atoms with Gasteiger partial charge in [-0.3, -0.25) is 4.79 Å². The van der Waals surface area contributed by atoms with Crippen molar-refractivity contribution in [3.8, 4) is 0 Å². The molecule has 180 valence electrons. The fraction of sp³-hybridized carbons (Fsp3) is 0.320. The Kier molecular flexibility index (Phi) is 7.28. The van der Waals surface area contributed by atoms with Gasteiger partial charge in [-0.2, -0.15) is 0 Å². The van der Waals surface area contributed by atoms with Gasteiger partial charge in [0.1, 0.15) is 6.04 Å². The summed E-state index contributed by atoms with van der Waals surface area (Å²) in [6.07, 6.45) is -1.46. The first-order valence-electron chi connectivity index (χ1n) is 10.9. The summed E-state index contributed by atoms with van der Waals surface area (Å²) in [5, 5.41) is 23.4. The molecule has 3 atom stereocenters. The molecule has 0 spiro atoms. The van der Waals surface area contributed by atoms with Gasteiger partial charge in [0.15, 0.2) is 0 Å². The van der Waals surface area contributed by atoms with Gasteiger partial charge in [0.25, 0.3) is 8.32 Å². The Morgan fingerprint density at radius 3 is 1.82 bits per heavy atom. The molecule has 1 aliphatic rings. The summed E-state index contributed by atoms with van der Waals surface area (Å²) in [7, 11) is -3.20. The number of carbonyl (C=O) groups excluding carboxylic acids is 1. The second kappa shape index (κ2) is 9.82. The van der Waals surface area contributed by atoms with Gasteiger partial charge >= 0.3 is 11.9 Å². The number of nitrogens with one attached hydrogen (secondary N) is 1. The minimum absolute atomic E-state index is 0.454. The predicted octanol–water partition coefficient (Wildman–Crippen LogP) is 1.89. The molecule has 2 aromatic rings. The number of ether oxygens (including phenoxy) is 1. The summed E-state index contributed by atoms with van der Waals surface area (Å²) in [5.74, 6) is -3.83. The van der Waals surface area contributed by atoms with Crippen LogP contribution >= 0.6 is 0 Å².